The van der Waals surface area contributed by atoms with E-state index >= 15 is 0 Å². The van der Waals surface area contributed by atoms with E-state index in [4.69, 9.17) is 4.74 Å². The maximum absolute atomic E-state index is 5.15. The Morgan fingerprint density at radius 3 is 3.00 bits per heavy atom. The first-order valence-electron chi connectivity index (χ1n) is 4.42. The normalized spacial score (nSPS) is 19.1. The zero-order chi connectivity index (χ0) is 9.26. The first-order valence-corrected chi connectivity index (χ1v) is 4.42. The van der Waals surface area contributed by atoms with Gasteiger partial charge in [0, 0.05) is 17.3 Å². The minimum absolute atomic E-state index is 0.417. The predicted molar refractivity (Wildman–Crippen MR) is 55.1 cm³/mol. The highest BCUT2D eigenvalue weighted by molar-refractivity contribution is 5.72. The van der Waals surface area contributed by atoms with Gasteiger partial charge in [0.1, 0.15) is 5.75 Å². The molecule has 0 saturated carbocycles. The fourth-order valence-corrected chi connectivity index (χ4v) is 1.48. The number of hydrogen-bond acceptors (Lipinski definition) is 2. The molecular weight excluding hydrogens is 162 g/mol. The van der Waals surface area contributed by atoms with E-state index < -0.39 is 0 Å². The van der Waals surface area contributed by atoms with Gasteiger partial charge in [-0.3, -0.25) is 0 Å². The Morgan fingerprint density at radius 1 is 1.38 bits per heavy atom. The van der Waals surface area contributed by atoms with Gasteiger partial charge in [-0.15, -0.1) is 0 Å². The predicted octanol–water partition coefficient (Wildman–Crippen LogP) is 2.52. The highest BCUT2D eigenvalue weighted by Gasteiger charge is 2.08. The van der Waals surface area contributed by atoms with Gasteiger partial charge >= 0.3 is 0 Å². The lowest BCUT2D eigenvalue weighted by molar-refractivity contribution is 0.414. The van der Waals surface area contributed by atoms with Crippen LogP contribution in [0.4, 0.5) is 5.69 Å². The average molecular weight is 175 g/mol. The topological polar surface area (TPSA) is 21.3 Å². The van der Waals surface area contributed by atoms with Crippen LogP contribution in [0.3, 0.4) is 0 Å². The van der Waals surface area contributed by atoms with Gasteiger partial charge in [0.15, 0.2) is 0 Å². The lowest BCUT2D eigenvalue weighted by atomic mass is 10.1. The van der Waals surface area contributed by atoms with E-state index in [9.17, 15) is 0 Å². The number of rotatable bonds is 1. The molecule has 1 heterocycles. The summed E-state index contributed by atoms with van der Waals surface area (Å²) >= 11 is 0. The molecular formula is C11H13NO. The first-order chi connectivity index (χ1) is 6.29. The maximum atomic E-state index is 5.15. The molecule has 0 unspecified atom stereocenters. The molecule has 68 valence electrons. The molecule has 2 rings (SSSR count). The number of fused-ring (bicyclic) bond motifs is 1. The van der Waals surface area contributed by atoms with Crippen molar-refractivity contribution in [1.82, 2.24) is 0 Å². The van der Waals surface area contributed by atoms with Gasteiger partial charge in [0.2, 0.25) is 0 Å². The summed E-state index contributed by atoms with van der Waals surface area (Å²) in [7, 11) is 1.68. The number of anilines is 1. The third-order valence-electron chi connectivity index (χ3n) is 2.21. The van der Waals surface area contributed by atoms with Crippen LogP contribution in [-0.4, -0.2) is 13.2 Å². The summed E-state index contributed by atoms with van der Waals surface area (Å²) in [6, 6.07) is 6.47. The third-order valence-corrected chi connectivity index (χ3v) is 2.21. The van der Waals surface area contributed by atoms with E-state index in [0.717, 1.165) is 5.75 Å². The summed E-state index contributed by atoms with van der Waals surface area (Å²) in [4.78, 5) is 0. The Morgan fingerprint density at radius 2 is 2.23 bits per heavy atom. The van der Waals surface area contributed by atoms with Crippen molar-refractivity contribution in [2.24, 2.45) is 0 Å². The zero-order valence-electron chi connectivity index (χ0n) is 7.87. The van der Waals surface area contributed by atoms with Crippen LogP contribution in [0.15, 0.2) is 24.3 Å². The van der Waals surface area contributed by atoms with Gasteiger partial charge in [-0.25, -0.2) is 0 Å². The summed E-state index contributed by atoms with van der Waals surface area (Å²) in [5, 5.41) is 3.37. The Balaban J connectivity index is 2.40. The first kappa shape index (κ1) is 8.17. The summed E-state index contributed by atoms with van der Waals surface area (Å²) in [5.41, 5.74) is 2.37. The van der Waals surface area contributed by atoms with Gasteiger partial charge in [-0.2, -0.15) is 0 Å². The fraction of sp³-hybridized carbons (Fsp3) is 0.273. The van der Waals surface area contributed by atoms with Crippen molar-refractivity contribution in [3.05, 3.63) is 29.8 Å². The molecule has 1 aliphatic heterocycles. The number of methoxy groups -OCH3 is 1. The minimum atomic E-state index is 0.417. The Bertz CT molecular complexity index is 344. The fourth-order valence-electron chi connectivity index (χ4n) is 1.48. The van der Waals surface area contributed by atoms with Crippen molar-refractivity contribution in [2.75, 3.05) is 12.4 Å². The molecule has 0 aromatic heterocycles. The van der Waals surface area contributed by atoms with Crippen LogP contribution in [0, 0.1) is 0 Å². The highest BCUT2D eigenvalue weighted by Crippen LogP contribution is 2.26. The second-order valence-electron chi connectivity index (χ2n) is 3.25. The molecule has 2 heteroatoms. The van der Waals surface area contributed by atoms with Crippen molar-refractivity contribution < 1.29 is 4.74 Å². The zero-order valence-corrected chi connectivity index (χ0v) is 7.87. The highest BCUT2D eigenvalue weighted by atomic mass is 16.5. The van der Waals surface area contributed by atoms with Crippen molar-refractivity contribution >= 4 is 11.8 Å². The Hall–Kier alpha value is -1.44. The van der Waals surface area contributed by atoms with Crippen LogP contribution in [0.25, 0.3) is 6.08 Å². The molecule has 1 aromatic rings. The molecule has 13 heavy (non-hydrogen) atoms. The summed E-state index contributed by atoms with van der Waals surface area (Å²) in [5.74, 6) is 0.903. The van der Waals surface area contributed by atoms with Crippen LogP contribution in [0.2, 0.25) is 0 Å². The van der Waals surface area contributed by atoms with Gasteiger partial charge in [0.05, 0.1) is 7.11 Å². The molecule has 1 N–H and O–H groups in total. The molecule has 0 radical (unpaired) electrons. The van der Waals surface area contributed by atoms with Gasteiger partial charge in [-0.1, -0.05) is 12.2 Å². The number of hydrogen-bond donors (Lipinski definition) is 1. The lowest BCUT2D eigenvalue weighted by Gasteiger charge is -2.19. The SMILES string of the molecule is COc1ccc2c(c1)C=C[C@H](C)N2. The molecule has 0 bridgehead atoms. The largest absolute Gasteiger partial charge is 0.497 e. The van der Waals surface area contributed by atoms with Crippen LogP contribution < -0.4 is 10.1 Å². The second kappa shape index (κ2) is 3.13. The Labute approximate surface area is 78.2 Å². The summed E-state index contributed by atoms with van der Waals surface area (Å²) < 4.78 is 5.15. The van der Waals surface area contributed by atoms with E-state index in [-0.39, 0.29) is 0 Å². The van der Waals surface area contributed by atoms with Crippen molar-refractivity contribution in [3.8, 4) is 5.75 Å². The molecule has 1 aliphatic rings. The molecule has 1 aromatic carbocycles. The van der Waals surface area contributed by atoms with Crippen LogP contribution in [0.5, 0.6) is 5.75 Å². The van der Waals surface area contributed by atoms with Crippen LogP contribution >= 0.6 is 0 Å². The molecule has 0 amide bonds. The molecule has 0 saturated heterocycles. The lowest BCUT2D eigenvalue weighted by Crippen LogP contribution is -2.15. The van der Waals surface area contributed by atoms with E-state index in [1.54, 1.807) is 7.11 Å². The smallest absolute Gasteiger partial charge is 0.119 e. The van der Waals surface area contributed by atoms with Crippen LogP contribution in [-0.2, 0) is 0 Å². The Kier molecular flexibility index (Phi) is 1.97. The molecule has 1 atom stereocenters. The van der Waals surface area contributed by atoms with Crippen molar-refractivity contribution in [1.29, 1.82) is 0 Å². The van der Waals surface area contributed by atoms with Crippen molar-refractivity contribution in [3.63, 3.8) is 0 Å². The molecule has 2 nitrogen and oxygen atoms in total. The van der Waals surface area contributed by atoms with E-state index in [2.05, 4.69) is 24.4 Å². The standard InChI is InChI=1S/C11H13NO/c1-8-3-4-9-7-10(13-2)5-6-11(9)12-8/h3-8,12H,1-2H3/t8-/m0/s1. The number of benzene rings is 1. The van der Waals surface area contributed by atoms with Gasteiger partial charge in [-0.05, 0) is 25.1 Å². The molecule has 0 aliphatic carbocycles. The van der Waals surface area contributed by atoms with Gasteiger partial charge in [0.25, 0.3) is 0 Å². The average Bonchev–Trinajstić information content (AvgIpc) is 2.17. The van der Waals surface area contributed by atoms with Crippen molar-refractivity contribution in [2.45, 2.75) is 13.0 Å². The molecule has 0 spiro atoms. The number of ether oxygens (including phenoxy) is 1. The van der Waals surface area contributed by atoms with E-state index in [1.165, 1.54) is 11.3 Å². The van der Waals surface area contributed by atoms with Gasteiger partial charge < -0.3 is 10.1 Å². The maximum Gasteiger partial charge on any atom is 0.119 e. The van der Waals surface area contributed by atoms with E-state index in [1.807, 2.05) is 18.2 Å². The summed E-state index contributed by atoms with van der Waals surface area (Å²) in [6.07, 6.45) is 4.26. The third kappa shape index (κ3) is 1.52. The second-order valence-corrected chi connectivity index (χ2v) is 3.25. The van der Waals surface area contributed by atoms with E-state index in [0.29, 0.717) is 6.04 Å². The van der Waals surface area contributed by atoms with Crippen LogP contribution in [0.1, 0.15) is 12.5 Å². The molecule has 0 fully saturated rings. The summed E-state index contributed by atoms with van der Waals surface area (Å²) in [6.45, 7) is 2.13. The monoisotopic (exact) mass is 175 g/mol. The number of nitrogens with one attached hydrogen (secondary N) is 1. The quantitative estimate of drug-likeness (QED) is 0.708. The minimum Gasteiger partial charge on any atom is -0.497 e.